The summed E-state index contributed by atoms with van der Waals surface area (Å²) in [7, 11) is 0. The lowest BCUT2D eigenvalue weighted by molar-refractivity contribution is 0.667. The van der Waals surface area contributed by atoms with Crippen LogP contribution in [0.2, 0.25) is 0 Å². The lowest BCUT2D eigenvalue weighted by Crippen LogP contribution is -1.83. The Kier molecular flexibility index (Phi) is 2.61. The Labute approximate surface area is 148 Å². The summed E-state index contributed by atoms with van der Waals surface area (Å²) in [6, 6.07) is 24.3. The SMILES string of the molecule is c1ccc2c(c1)oc1cc(-c3cccc4c3oc3ccccc34)ncc12. The molecule has 0 amide bonds. The highest BCUT2D eigenvalue weighted by Crippen LogP contribution is 2.36. The zero-order chi connectivity index (χ0) is 17.1. The number of benzene rings is 3. The molecule has 6 rings (SSSR count). The molecule has 0 unspecified atom stereocenters. The van der Waals surface area contributed by atoms with Crippen LogP contribution >= 0.6 is 0 Å². The van der Waals surface area contributed by atoms with Gasteiger partial charge in [0.1, 0.15) is 22.3 Å². The Morgan fingerprint density at radius 3 is 2.12 bits per heavy atom. The number of para-hydroxylation sites is 3. The van der Waals surface area contributed by atoms with E-state index >= 15 is 0 Å². The Balaban J connectivity index is 1.66. The van der Waals surface area contributed by atoms with Crippen LogP contribution < -0.4 is 0 Å². The maximum atomic E-state index is 6.14. The summed E-state index contributed by atoms with van der Waals surface area (Å²) in [5, 5.41) is 4.34. The van der Waals surface area contributed by atoms with Gasteiger partial charge in [-0.3, -0.25) is 4.98 Å². The van der Waals surface area contributed by atoms with Crippen molar-refractivity contribution in [1.82, 2.24) is 4.98 Å². The molecule has 122 valence electrons. The Bertz CT molecular complexity index is 1440. The zero-order valence-corrected chi connectivity index (χ0v) is 13.8. The maximum Gasteiger partial charge on any atom is 0.144 e. The fraction of sp³-hybridized carbons (Fsp3) is 0. The van der Waals surface area contributed by atoms with Crippen LogP contribution in [0.4, 0.5) is 0 Å². The molecule has 0 saturated heterocycles. The number of nitrogens with zero attached hydrogens (tertiary/aromatic N) is 1. The minimum absolute atomic E-state index is 0.837. The standard InChI is InChI=1S/C23H13NO2/c1-4-11-21-14(6-1)16-8-5-9-17(23(16)26-21)19-12-22-18(13-24-19)15-7-2-3-10-20(15)25-22/h1-13H. The average Bonchev–Trinajstić information content (AvgIpc) is 3.25. The third kappa shape index (κ3) is 1.80. The van der Waals surface area contributed by atoms with Crippen molar-refractivity contribution >= 4 is 43.9 Å². The van der Waals surface area contributed by atoms with Crippen LogP contribution in [0.1, 0.15) is 0 Å². The predicted molar refractivity (Wildman–Crippen MR) is 104 cm³/mol. The molecule has 26 heavy (non-hydrogen) atoms. The zero-order valence-electron chi connectivity index (χ0n) is 13.8. The van der Waals surface area contributed by atoms with Crippen LogP contribution in [-0.4, -0.2) is 4.98 Å². The quantitative estimate of drug-likeness (QED) is 0.342. The molecule has 0 saturated carbocycles. The van der Waals surface area contributed by atoms with Gasteiger partial charge >= 0.3 is 0 Å². The molecule has 3 heterocycles. The minimum atomic E-state index is 0.837. The van der Waals surface area contributed by atoms with Crippen LogP contribution in [0.15, 0.2) is 87.8 Å². The lowest BCUT2D eigenvalue weighted by atomic mass is 10.1. The summed E-state index contributed by atoms with van der Waals surface area (Å²) in [6.07, 6.45) is 1.89. The van der Waals surface area contributed by atoms with Crippen molar-refractivity contribution in [1.29, 1.82) is 0 Å². The Morgan fingerprint density at radius 1 is 0.577 bits per heavy atom. The molecule has 0 bridgehead atoms. The molecule has 3 heteroatoms. The molecule has 0 aliphatic heterocycles. The van der Waals surface area contributed by atoms with E-state index in [0.717, 1.165) is 55.1 Å². The molecule has 3 aromatic heterocycles. The van der Waals surface area contributed by atoms with Gasteiger partial charge in [0, 0.05) is 39.4 Å². The van der Waals surface area contributed by atoms with Gasteiger partial charge in [0.2, 0.25) is 0 Å². The Hall–Kier alpha value is -3.59. The van der Waals surface area contributed by atoms with E-state index in [1.54, 1.807) is 0 Å². The molecule has 0 atom stereocenters. The Morgan fingerprint density at radius 2 is 1.27 bits per heavy atom. The summed E-state index contributed by atoms with van der Waals surface area (Å²) in [5.41, 5.74) is 5.28. The van der Waals surface area contributed by atoms with Gasteiger partial charge in [-0.1, -0.05) is 48.5 Å². The van der Waals surface area contributed by atoms with Crippen molar-refractivity contribution in [2.45, 2.75) is 0 Å². The van der Waals surface area contributed by atoms with Crippen molar-refractivity contribution in [3.63, 3.8) is 0 Å². The van der Waals surface area contributed by atoms with Crippen molar-refractivity contribution in [2.75, 3.05) is 0 Å². The van der Waals surface area contributed by atoms with Gasteiger partial charge in [0.15, 0.2) is 0 Å². The number of hydrogen-bond donors (Lipinski definition) is 0. The highest BCUT2D eigenvalue weighted by Gasteiger charge is 2.14. The average molecular weight is 335 g/mol. The van der Waals surface area contributed by atoms with E-state index in [1.165, 1.54) is 0 Å². The first-order valence-corrected chi connectivity index (χ1v) is 8.56. The van der Waals surface area contributed by atoms with Crippen molar-refractivity contribution in [3.05, 3.63) is 79.0 Å². The van der Waals surface area contributed by atoms with E-state index < -0.39 is 0 Å². The van der Waals surface area contributed by atoms with Crippen molar-refractivity contribution in [3.8, 4) is 11.3 Å². The maximum absolute atomic E-state index is 6.14. The van der Waals surface area contributed by atoms with Gasteiger partial charge in [-0.05, 0) is 18.2 Å². The van der Waals surface area contributed by atoms with E-state index in [4.69, 9.17) is 13.8 Å². The number of rotatable bonds is 1. The number of furan rings is 2. The van der Waals surface area contributed by atoms with Gasteiger partial charge in [0.05, 0.1) is 5.69 Å². The predicted octanol–water partition coefficient (Wildman–Crippen LogP) is 6.55. The highest BCUT2D eigenvalue weighted by atomic mass is 16.3. The summed E-state index contributed by atoms with van der Waals surface area (Å²) >= 11 is 0. The van der Waals surface area contributed by atoms with E-state index in [1.807, 2.05) is 60.8 Å². The van der Waals surface area contributed by atoms with Crippen LogP contribution in [0.5, 0.6) is 0 Å². The third-order valence-electron chi connectivity index (χ3n) is 4.94. The lowest BCUT2D eigenvalue weighted by Gasteiger charge is -2.01. The fourth-order valence-electron chi connectivity index (χ4n) is 3.72. The molecule has 0 N–H and O–H groups in total. The van der Waals surface area contributed by atoms with Gasteiger partial charge < -0.3 is 8.83 Å². The van der Waals surface area contributed by atoms with Crippen LogP contribution in [-0.2, 0) is 0 Å². The normalized spacial score (nSPS) is 11.8. The topological polar surface area (TPSA) is 39.2 Å². The van der Waals surface area contributed by atoms with Crippen LogP contribution in [0, 0.1) is 0 Å². The van der Waals surface area contributed by atoms with Gasteiger partial charge in [-0.15, -0.1) is 0 Å². The first kappa shape index (κ1) is 13.7. The number of hydrogen-bond acceptors (Lipinski definition) is 3. The number of pyridine rings is 1. The molecule has 6 aromatic rings. The van der Waals surface area contributed by atoms with Gasteiger partial charge in [0.25, 0.3) is 0 Å². The smallest absolute Gasteiger partial charge is 0.144 e. The van der Waals surface area contributed by atoms with E-state index in [9.17, 15) is 0 Å². The van der Waals surface area contributed by atoms with Crippen LogP contribution in [0.3, 0.4) is 0 Å². The summed E-state index contributed by atoms with van der Waals surface area (Å²) in [4.78, 5) is 4.70. The molecule has 0 spiro atoms. The molecule has 3 nitrogen and oxygen atoms in total. The minimum Gasteiger partial charge on any atom is -0.456 e. The summed E-state index contributed by atoms with van der Waals surface area (Å²) < 4.78 is 12.2. The van der Waals surface area contributed by atoms with Gasteiger partial charge in [-0.25, -0.2) is 0 Å². The molecule has 0 aliphatic carbocycles. The van der Waals surface area contributed by atoms with E-state index in [-0.39, 0.29) is 0 Å². The fourth-order valence-corrected chi connectivity index (χ4v) is 3.72. The second-order valence-corrected chi connectivity index (χ2v) is 6.44. The van der Waals surface area contributed by atoms with Gasteiger partial charge in [-0.2, -0.15) is 0 Å². The monoisotopic (exact) mass is 335 g/mol. The summed E-state index contributed by atoms with van der Waals surface area (Å²) in [6.45, 7) is 0. The number of fused-ring (bicyclic) bond motifs is 6. The molecule has 3 aromatic carbocycles. The van der Waals surface area contributed by atoms with E-state index in [0.29, 0.717) is 0 Å². The molecular weight excluding hydrogens is 322 g/mol. The third-order valence-corrected chi connectivity index (χ3v) is 4.94. The molecule has 0 radical (unpaired) electrons. The van der Waals surface area contributed by atoms with Crippen LogP contribution in [0.25, 0.3) is 55.1 Å². The molecular formula is C23H13NO2. The van der Waals surface area contributed by atoms with Crippen molar-refractivity contribution < 1.29 is 8.83 Å². The molecule has 0 fully saturated rings. The molecule has 0 aliphatic rings. The van der Waals surface area contributed by atoms with E-state index in [2.05, 4.69) is 18.2 Å². The van der Waals surface area contributed by atoms with Crippen molar-refractivity contribution in [2.24, 2.45) is 0 Å². The number of aromatic nitrogens is 1. The first-order valence-electron chi connectivity index (χ1n) is 8.56. The summed E-state index contributed by atoms with van der Waals surface area (Å²) in [5.74, 6) is 0. The first-order chi connectivity index (χ1) is 12.9. The highest BCUT2D eigenvalue weighted by molar-refractivity contribution is 6.10. The second-order valence-electron chi connectivity index (χ2n) is 6.44. The second kappa shape index (κ2) is 4.96. The largest absolute Gasteiger partial charge is 0.456 e.